The highest BCUT2D eigenvalue weighted by Gasteiger charge is 2.14. The van der Waals surface area contributed by atoms with Gasteiger partial charge in [0, 0.05) is 11.2 Å². The third-order valence-electron chi connectivity index (χ3n) is 1.72. The molecule has 0 fully saturated rings. The average Bonchev–Trinajstić information content (AvgIpc) is 2.05. The molecule has 4 heteroatoms. The van der Waals surface area contributed by atoms with Crippen molar-refractivity contribution in [1.82, 2.24) is 0 Å². The molecule has 1 aromatic carbocycles. The monoisotopic (exact) mass is 211 g/mol. The van der Waals surface area contributed by atoms with Crippen LogP contribution in [0.4, 0.5) is 10.1 Å². The number of hydrogen-bond donors (Lipinski definition) is 2. The molecule has 0 spiro atoms. The molecule has 3 nitrogen and oxygen atoms in total. The van der Waals surface area contributed by atoms with Gasteiger partial charge >= 0.3 is 5.97 Å². The summed E-state index contributed by atoms with van der Waals surface area (Å²) in [4.78, 5) is 10.7. The van der Waals surface area contributed by atoms with Crippen molar-refractivity contribution in [3.05, 3.63) is 29.6 Å². The van der Waals surface area contributed by atoms with Crippen LogP contribution in [0.3, 0.4) is 0 Å². The number of nitrogens with one attached hydrogen (secondary N) is 1. The number of halogens is 1. The normalized spacial score (nSPS) is 11.2. The van der Waals surface area contributed by atoms with Crippen LogP contribution in [0.1, 0.15) is 31.1 Å². The van der Waals surface area contributed by atoms with Crippen LogP contribution in [0.5, 0.6) is 0 Å². The molecule has 1 rings (SSSR count). The quantitative estimate of drug-likeness (QED) is 0.790. The molecule has 0 radical (unpaired) electrons. The highest BCUT2D eigenvalue weighted by atomic mass is 19.1. The minimum Gasteiger partial charge on any atom is -0.478 e. The van der Waals surface area contributed by atoms with Gasteiger partial charge in [-0.05, 0) is 39.0 Å². The molecule has 82 valence electrons. The van der Waals surface area contributed by atoms with Crippen molar-refractivity contribution < 1.29 is 14.3 Å². The fraction of sp³-hybridized carbons (Fsp3) is 0.364. The zero-order valence-corrected chi connectivity index (χ0v) is 8.97. The molecule has 0 aromatic heterocycles. The van der Waals surface area contributed by atoms with Crippen molar-refractivity contribution in [2.24, 2.45) is 0 Å². The van der Waals surface area contributed by atoms with E-state index in [4.69, 9.17) is 5.11 Å². The van der Waals surface area contributed by atoms with Gasteiger partial charge in [0.15, 0.2) is 0 Å². The molecule has 0 amide bonds. The van der Waals surface area contributed by atoms with Gasteiger partial charge in [-0.15, -0.1) is 0 Å². The summed E-state index contributed by atoms with van der Waals surface area (Å²) >= 11 is 0. The lowest BCUT2D eigenvalue weighted by molar-refractivity contribution is 0.0692. The van der Waals surface area contributed by atoms with Gasteiger partial charge in [0.05, 0.1) is 5.56 Å². The van der Waals surface area contributed by atoms with E-state index in [-0.39, 0.29) is 11.1 Å². The lowest BCUT2D eigenvalue weighted by Gasteiger charge is -2.22. The van der Waals surface area contributed by atoms with Crippen LogP contribution in [-0.2, 0) is 0 Å². The maximum absolute atomic E-state index is 13.0. The second kappa shape index (κ2) is 3.88. The SMILES string of the molecule is CC(C)(C)Nc1ccc(F)c(C(=O)O)c1. The van der Waals surface area contributed by atoms with Gasteiger partial charge in [-0.25, -0.2) is 9.18 Å². The second-order valence-electron chi connectivity index (χ2n) is 4.37. The number of rotatable bonds is 2. The topological polar surface area (TPSA) is 49.3 Å². The zero-order valence-electron chi connectivity index (χ0n) is 8.97. The highest BCUT2D eigenvalue weighted by Crippen LogP contribution is 2.18. The van der Waals surface area contributed by atoms with E-state index in [1.54, 1.807) is 0 Å². The molecule has 0 atom stereocenters. The molecule has 0 heterocycles. The van der Waals surface area contributed by atoms with Crippen molar-refractivity contribution in [3.63, 3.8) is 0 Å². The maximum Gasteiger partial charge on any atom is 0.338 e. The van der Waals surface area contributed by atoms with Crippen molar-refractivity contribution >= 4 is 11.7 Å². The van der Waals surface area contributed by atoms with Gasteiger partial charge in [0.1, 0.15) is 5.82 Å². The van der Waals surface area contributed by atoms with E-state index >= 15 is 0 Å². The highest BCUT2D eigenvalue weighted by molar-refractivity contribution is 5.89. The first-order valence-corrected chi connectivity index (χ1v) is 4.60. The summed E-state index contributed by atoms with van der Waals surface area (Å²) in [6, 6.07) is 3.97. The van der Waals surface area contributed by atoms with Gasteiger partial charge in [0.2, 0.25) is 0 Å². The largest absolute Gasteiger partial charge is 0.478 e. The fourth-order valence-electron chi connectivity index (χ4n) is 1.20. The third-order valence-corrected chi connectivity index (χ3v) is 1.72. The molecule has 0 aliphatic carbocycles. The standard InChI is InChI=1S/C11H14FNO2/c1-11(2,3)13-7-4-5-9(12)8(6-7)10(14)15/h4-6,13H,1-3H3,(H,14,15). The lowest BCUT2D eigenvalue weighted by atomic mass is 10.1. The molecule has 0 bridgehead atoms. The Balaban J connectivity index is 3.03. The second-order valence-corrected chi connectivity index (χ2v) is 4.37. The Hall–Kier alpha value is -1.58. The van der Waals surface area contributed by atoms with Gasteiger partial charge < -0.3 is 10.4 Å². The summed E-state index contributed by atoms with van der Waals surface area (Å²) in [7, 11) is 0. The number of hydrogen-bond acceptors (Lipinski definition) is 2. The molecule has 15 heavy (non-hydrogen) atoms. The summed E-state index contributed by atoms with van der Waals surface area (Å²) in [5, 5.41) is 11.8. The van der Waals surface area contributed by atoms with Crippen molar-refractivity contribution in [1.29, 1.82) is 0 Å². The summed E-state index contributed by atoms with van der Waals surface area (Å²) < 4.78 is 13.0. The van der Waals surface area contributed by atoms with Crippen LogP contribution in [0.25, 0.3) is 0 Å². The van der Waals surface area contributed by atoms with Crippen molar-refractivity contribution in [2.45, 2.75) is 26.3 Å². The minimum absolute atomic E-state index is 0.187. The summed E-state index contributed by atoms with van der Waals surface area (Å²) in [6.07, 6.45) is 0. The third kappa shape index (κ3) is 3.23. The van der Waals surface area contributed by atoms with Crippen LogP contribution in [0, 0.1) is 5.82 Å². The molecule has 0 aliphatic heterocycles. The molecular formula is C11H14FNO2. The Morgan fingerprint density at radius 1 is 1.40 bits per heavy atom. The van der Waals surface area contributed by atoms with E-state index in [0.717, 1.165) is 6.07 Å². The number of carbonyl (C=O) groups is 1. The Labute approximate surface area is 87.9 Å². The van der Waals surface area contributed by atoms with E-state index in [0.29, 0.717) is 5.69 Å². The molecular weight excluding hydrogens is 197 g/mol. The minimum atomic E-state index is -1.26. The van der Waals surface area contributed by atoms with Crippen LogP contribution in [0.15, 0.2) is 18.2 Å². The van der Waals surface area contributed by atoms with E-state index < -0.39 is 11.8 Å². The number of carboxylic acid groups (broad SMARTS) is 1. The fourth-order valence-corrected chi connectivity index (χ4v) is 1.20. The van der Waals surface area contributed by atoms with E-state index in [9.17, 15) is 9.18 Å². The van der Waals surface area contributed by atoms with Crippen LogP contribution < -0.4 is 5.32 Å². The number of aromatic carboxylic acids is 1. The van der Waals surface area contributed by atoms with Crippen LogP contribution in [-0.4, -0.2) is 16.6 Å². The van der Waals surface area contributed by atoms with Crippen LogP contribution in [0.2, 0.25) is 0 Å². The summed E-state index contributed by atoms with van der Waals surface area (Å²) in [5.74, 6) is -1.98. The number of carboxylic acids is 1. The number of benzene rings is 1. The Morgan fingerprint density at radius 3 is 2.47 bits per heavy atom. The van der Waals surface area contributed by atoms with Crippen molar-refractivity contribution in [2.75, 3.05) is 5.32 Å². The zero-order chi connectivity index (χ0) is 11.6. The molecule has 0 unspecified atom stereocenters. The van der Waals surface area contributed by atoms with Gasteiger partial charge in [0.25, 0.3) is 0 Å². The summed E-state index contributed by atoms with van der Waals surface area (Å²) in [6.45, 7) is 5.82. The Bertz CT molecular complexity index is 383. The van der Waals surface area contributed by atoms with E-state index in [1.165, 1.54) is 12.1 Å². The first-order chi connectivity index (χ1) is 6.79. The molecule has 2 N–H and O–H groups in total. The van der Waals surface area contributed by atoms with Gasteiger partial charge in [-0.2, -0.15) is 0 Å². The molecule has 0 saturated carbocycles. The first kappa shape index (κ1) is 11.5. The van der Waals surface area contributed by atoms with E-state index in [1.807, 2.05) is 20.8 Å². The van der Waals surface area contributed by atoms with Gasteiger partial charge in [-0.3, -0.25) is 0 Å². The van der Waals surface area contributed by atoms with E-state index in [2.05, 4.69) is 5.32 Å². The van der Waals surface area contributed by atoms with Gasteiger partial charge in [-0.1, -0.05) is 0 Å². The smallest absolute Gasteiger partial charge is 0.338 e. The molecule has 0 saturated heterocycles. The predicted molar refractivity (Wildman–Crippen MR) is 56.7 cm³/mol. The number of anilines is 1. The molecule has 1 aromatic rings. The lowest BCUT2D eigenvalue weighted by Crippen LogP contribution is -2.26. The molecule has 0 aliphatic rings. The van der Waals surface area contributed by atoms with Crippen LogP contribution >= 0.6 is 0 Å². The Kier molecular flexibility index (Phi) is 2.98. The first-order valence-electron chi connectivity index (χ1n) is 4.60. The van der Waals surface area contributed by atoms with Crippen molar-refractivity contribution in [3.8, 4) is 0 Å². The summed E-state index contributed by atoms with van der Waals surface area (Å²) in [5.41, 5.74) is 0.0960. The predicted octanol–water partition coefficient (Wildman–Crippen LogP) is 2.73. The Morgan fingerprint density at radius 2 is 2.00 bits per heavy atom. The average molecular weight is 211 g/mol. The maximum atomic E-state index is 13.0.